The number of nitrogens with one attached hydrogen (secondary N) is 4. The van der Waals surface area contributed by atoms with E-state index >= 15 is 0 Å². The van der Waals surface area contributed by atoms with E-state index in [2.05, 4.69) is 21.3 Å². The predicted octanol–water partition coefficient (Wildman–Crippen LogP) is 0.904. The van der Waals surface area contributed by atoms with E-state index in [0.717, 1.165) is 29.7 Å². The largest absolute Gasteiger partial charge is 0.497 e. The van der Waals surface area contributed by atoms with E-state index in [1.807, 2.05) is 54.6 Å². The number of hydrogen-bond acceptors (Lipinski definition) is 7. The van der Waals surface area contributed by atoms with Crippen molar-refractivity contribution in [2.45, 2.75) is 69.1 Å². The molecular weight excluding hydrogens is 560 g/mol. The van der Waals surface area contributed by atoms with Gasteiger partial charge in [0, 0.05) is 19.1 Å². The fourth-order valence-corrected chi connectivity index (χ4v) is 6.32. The number of fused-ring (bicyclic) bond motifs is 1. The van der Waals surface area contributed by atoms with Gasteiger partial charge in [0.2, 0.25) is 23.6 Å². The molecule has 11 heteroatoms. The minimum Gasteiger partial charge on any atom is -0.497 e. The second kappa shape index (κ2) is 16.2. The molecular formula is C33H46N6O5. The van der Waals surface area contributed by atoms with Crippen molar-refractivity contribution in [3.05, 3.63) is 65.7 Å². The smallest absolute Gasteiger partial charge is 0.246 e. The minimum absolute atomic E-state index is 0.0766. The third-order valence-corrected chi connectivity index (χ3v) is 8.81. The maximum absolute atomic E-state index is 14.3. The third-order valence-electron chi connectivity index (χ3n) is 8.81. The number of hydrogen-bond donors (Lipinski definition) is 5. The fourth-order valence-electron chi connectivity index (χ4n) is 6.32. The van der Waals surface area contributed by atoms with Gasteiger partial charge in [-0.3, -0.25) is 19.2 Å². The summed E-state index contributed by atoms with van der Waals surface area (Å²) in [5, 5.41) is 12.0. The molecule has 11 nitrogen and oxygen atoms in total. The number of benzene rings is 2. The van der Waals surface area contributed by atoms with E-state index in [-0.39, 0.29) is 42.1 Å². The second-order valence-electron chi connectivity index (χ2n) is 11.6. The SMILES string of the molecule is CN[C@H](Cc1ccccc1)C(=O)N[C@@H]1C(=O)N2[C@@H](CC[C@@H]1CCNC(=O)CN)CC[C@H]2C(=O)NCCc1ccc(OC)cc1. The maximum Gasteiger partial charge on any atom is 0.246 e. The molecule has 4 amide bonds. The molecule has 2 aromatic carbocycles. The van der Waals surface area contributed by atoms with Gasteiger partial charge >= 0.3 is 0 Å². The first kappa shape index (κ1) is 32.9. The van der Waals surface area contributed by atoms with Gasteiger partial charge in [-0.1, -0.05) is 42.5 Å². The Kier molecular flexibility index (Phi) is 12.1. The van der Waals surface area contributed by atoms with Gasteiger partial charge in [0.05, 0.1) is 19.7 Å². The Bertz CT molecular complexity index is 1260. The number of rotatable bonds is 14. The second-order valence-corrected chi connectivity index (χ2v) is 11.6. The van der Waals surface area contributed by atoms with Crippen LogP contribution in [0.2, 0.25) is 0 Å². The average molecular weight is 607 g/mol. The molecule has 5 atom stereocenters. The number of nitrogens with two attached hydrogens (primary N) is 1. The molecule has 0 saturated carbocycles. The lowest BCUT2D eigenvalue weighted by atomic mass is 9.90. The molecule has 4 rings (SSSR count). The molecule has 238 valence electrons. The molecule has 0 unspecified atom stereocenters. The molecule has 2 saturated heterocycles. The number of amides is 4. The summed E-state index contributed by atoms with van der Waals surface area (Å²) in [7, 11) is 3.35. The highest BCUT2D eigenvalue weighted by molar-refractivity contribution is 5.94. The molecule has 0 spiro atoms. The highest BCUT2D eigenvalue weighted by Crippen LogP contribution is 2.35. The number of carbonyl (C=O) groups is 4. The maximum atomic E-state index is 14.3. The van der Waals surface area contributed by atoms with E-state index in [9.17, 15) is 19.2 Å². The van der Waals surface area contributed by atoms with Crippen LogP contribution in [0.4, 0.5) is 0 Å². The Morgan fingerprint density at radius 1 is 0.955 bits per heavy atom. The first-order valence-corrected chi connectivity index (χ1v) is 15.6. The van der Waals surface area contributed by atoms with Crippen LogP contribution in [-0.2, 0) is 32.0 Å². The van der Waals surface area contributed by atoms with Crippen molar-refractivity contribution in [1.82, 2.24) is 26.2 Å². The van der Waals surface area contributed by atoms with Crippen LogP contribution < -0.4 is 31.7 Å². The first-order valence-electron chi connectivity index (χ1n) is 15.6. The Hall–Kier alpha value is -3.96. The number of likely N-dealkylation sites (N-methyl/N-ethyl adjacent to an activating group) is 1. The molecule has 0 aromatic heterocycles. The Morgan fingerprint density at radius 3 is 2.36 bits per heavy atom. The lowest BCUT2D eigenvalue weighted by Crippen LogP contribution is -2.58. The quantitative estimate of drug-likeness (QED) is 0.214. The summed E-state index contributed by atoms with van der Waals surface area (Å²) in [4.78, 5) is 54.8. The molecule has 2 aliphatic heterocycles. The summed E-state index contributed by atoms with van der Waals surface area (Å²) in [5.74, 6) is -0.386. The number of methoxy groups -OCH3 is 1. The molecule has 0 radical (unpaired) electrons. The van der Waals surface area contributed by atoms with E-state index in [1.54, 1.807) is 19.1 Å². The zero-order chi connectivity index (χ0) is 31.5. The summed E-state index contributed by atoms with van der Waals surface area (Å²) in [6.07, 6.45) is 4.34. The fraction of sp³-hybridized carbons (Fsp3) is 0.515. The van der Waals surface area contributed by atoms with Crippen LogP contribution in [0.5, 0.6) is 5.75 Å². The van der Waals surface area contributed by atoms with Crippen molar-refractivity contribution in [3.8, 4) is 5.75 Å². The van der Waals surface area contributed by atoms with Crippen LogP contribution in [-0.4, -0.2) is 86.5 Å². The van der Waals surface area contributed by atoms with Crippen molar-refractivity contribution in [2.75, 3.05) is 33.8 Å². The van der Waals surface area contributed by atoms with Crippen LogP contribution in [0.1, 0.15) is 43.2 Å². The van der Waals surface area contributed by atoms with Gasteiger partial charge in [0.25, 0.3) is 0 Å². The monoisotopic (exact) mass is 606 g/mol. The van der Waals surface area contributed by atoms with Crippen molar-refractivity contribution >= 4 is 23.6 Å². The van der Waals surface area contributed by atoms with E-state index in [4.69, 9.17) is 10.5 Å². The molecule has 0 bridgehead atoms. The van der Waals surface area contributed by atoms with Crippen LogP contribution in [0.25, 0.3) is 0 Å². The lowest BCUT2D eigenvalue weighted by Gasteiger charge is -2.33. The summed E-state index contributed by atoms with van der Waals surface area (Å²) in [6, 6.07) is 15.4. The third kappa shape index (κ3) is 8.57. The zero-order valence-corrected chi connectivity index (χ0v) is 25.7. The molecule has 6 N–H and O–H groups in total. The molecule has 2 fully saturated rings. The van der Waals surface area contributed by atoms with Crippen molar-refractivity contribution in [2.24, 2.45) is 11.7 Å². The molecule has 2 heterocycles. The summed E-state index contributed by atoms with van der Waals surface area (Å²) in [5.41, 5.74) is 7.52. The summed E-state index contributed by atoms with van der Waals surface area (Å²) < 4.78 is 5.21. The van der Waals surface area contributed by atoms with E-state index < -0.39 is 18.1 Å². The molecule has 2 aliphatic rings. The predicted molar refractivity (Wildman–Crippen MR) is 168 cm³/mol. The van der Waals surface area contributed by atoms with Crippen LogP contribution >= 0.6 is 0 Å². The van der Waals surface area contributed by atoms with Gasteiger partial charge < -0.3 is 36.6 Å². The molecule has 2 aromatic rings. The van der Waals surface area contributed by atoms with Crippen molar-refractivity contribution in [1.29, 1.82) is 0 Å². The van der Waals surface area contributed by atoms with Gasteiger partial charge in [0.15, 0.2) is 0 Å². The van der Waals surface area contributed by atoms with Gasteiger partial charge in [0.1, 0.15) is 17.8 Å². The Balaban J connectivity index is 1.46. The van der Waals surface area contributed by atoms with Gasteiger partial charge in [-0.2, -0.15) is 0 Å². The van der Waals surface area contributed by atoms with Gasteiger partial charge in [-0.05, 0) is 81.2 Å². The van der Waals surface area contributed by atoms with Crippen LogP contribution in [0.3, 0.4) is 0 Å². The van der Waals surface area contributed by atoms with E-state index in [1.165, 1.54) is 0 Å². The van der Waals surface area contributed by atoms with Gasteiger partial charge in [-0.15, -0.1) is 0 Å². The highest BCUT2D eigenvalue weighted by Gasteiger charge is 2.47. The normalized spacial score (nSPS) is 22.0. The van der Waals surface area contributed by atoms with E-state index in [0.29, 0.717) is 45.2 Å². The lowest BCUT2D eigenvalue weighted by molar-refractivity contribution is -0.143. The standard InChI is InChI=1S/C33H46N6O5/c1-35-27(20-23-6-4-3-5-7-23)31(41)38-30-24(17-19-36-29(40)21-34)10-11-25-12-15-28(39(25)33(30)43)32(42)37-18-16-22-8-13-26(44-2)14-9-22/h3-9,13-14,24-25,27-28,30,35H,10-12,15-21,34H2,1-2H3,(H,36,40)(H,37,42)(H,38,41)/t24-,25+,27-,28+,30+/m1/s1. The molecule has 44 heavy (non-hydrogen) atoms. The van der Waals surface area contributed by atoms with Crippen LogP contribution in [0, 0.1) is 5.92 Å². The first-order chi connectivity index (χ1) is 21.3. The van der Waals surface area contributed by atoms with Gasteiger partial charge in [-0.25, -0.2) is 0 Å². The number of carbonyl (C=O) groups excluding carboxylic acids is 4. The number of nitrogens with zero attached hydrogens (tertiary/aromatic N) is 1. The molecule has 0 aliphatic carbocycles. The topological polar surface area (TPSA) is 155 Å². The van der Waals surface area contributed by atoms with Crippen molar-refractivity contribution < 1.29 is 23.9 Å². The van der Waals surface area contributed by atoms with Crippen LogP contribution in [0.15, 0.2) is 54.6 Å². The summed E-state index contributed by atoms with van der Waals surface area (Å²) in [6.45, 7) is 0.680. The Labute approximate surface area is 259 Å². The zero-order valence-electron chi connectivity index (χ0n) is 25.7. The van der Waals surface area contributed by atoms with Crippen molar-refractivity contribution in [3.63, 3.8) is 0 Å². The summed E-state index contributed by atoms with van der Waals surface area (Å²) >= 11 is 0. The Morgan fingerprint density at radius 2 is 1.68 bits per heavy atom. The average Bonchev–Trinajstić information content (AvgIpc) is 3.43. The highest BCUT2D eigenvalue weighted by atomic mass is 16.5. The number of ether oxygens (including phenoxy) is 1. The minimum atomic E-state index is -0.818.